The number of nitrogens with zero attached hydrogens (tertiary/aromatic N) is 1. The van der Waals surface area contributed by atoms with E-state index in [4.69, 9.17) is 4.74 Å². The second kappa shape index (κ2) is 10.2. The van der Waals surface area contributed by atoms with Crippen LogP contribution in [0.2, 0.25) is 0 Å². The Labute approximate surface area is 112 Å². The Morgan fingerprint density at radius 1 is 1.22 bits per heavy atom. The number of hydrogen-bond donors (Lipinski definition) is 2. The lowest BCUT2D eigenvalue weighted by molar-refractivity contribution is 0.117. The first-order valence-corrected chi connectivity index (χ1v) is 7.50. The molecule has 1 saturated heterocycles. The minimum absolute atomic E-state index is 0.334. The Morgan fingerprint density at radius 2 is 2.11 bits per heavy atom. The van der Waals surface area contributed by atoms with Crippen LogP contribution in [0.25, 0.3) is 0 Å². The molecule has 0 spiro atoms. The summed E-state index contributed by atoms with van der Waals surface area (Å²) in [5.74, 6) is 0.935. The average molecular weight is 255 g/mol. The van der Waals surface area contributed by atoms with Crippen LogP contribution in [-0.4, -0.2) is 38.3 Å². The smallest absolute Gasteiger partial charge is 0.191 e. The molecule has 1 fully saturated rings. The van der Waals surface area contributed by atoms with E-state index in [2.05, 4.69) is 29.5 Å². The predicted molar refractivity (Wildman–Crippen MR) is 77.1 cm³/mol. The highest BCUT2D eigenvalue weighted by atomic mass is 16.5. The van der Waals surface area contributed by atoms with E-state index in [1.165, 1.54) is 32.1 Å². The molecule has 1 rings (SSSR count). The van der Waals surface area contributed by atoms with Gasteiger partial charge >= 0.3 is 0 Å². The SMILES string of the molecule is CCCCCCNC(=NCC1CCCO1)NCC. The van der Waals surface area contributed by atoms with Crippen LogP contribution in [0.5, 0.6) is 0 Å². The van der Waals surface area contributed by atoms with Crippen LogP contribution < -0.4 is 10.6 Å². The van der Waals surface area contributed by atoms with Gasteiger partial charge in [-0.05, 0) is 26.2 Å². The molecule has 0 radical (unpaired) electrons. The molecule has 4 nitrogen and oxygen atoms in total. The maximum absolute atomic E-state index is 5.58. The van der Waals surface area contributed by atoms with Crippen LogP contribution in [0.1, 0.15) is 52.4 Å². The fourth-order valence-corrected chi connectivity index (χ4v) is 2.08. The lowest BCUT2D eigenvalue weighted by Crippen LogP contribution is -2.38. The van der Waals surface area contributed by atoms with E-state index in [9.17, 15) is 0 Å². The van der Waals surface area contributed by atoms with Crippen LogP contribution in [-0.2, 0) is 4.74 Å². The van der Waals surface area contributed by atoms with Gasteiger partial charge in [-0.1, -0.05) is 26.2 Å². The van der Waals surface area contributed by atoms with Gasteiger partial charge in [0.1, 0.15) is 0 Å². The maximum Gasteiger partial charge on any atom is 0.191 e. The van der Waals surface area contributed by atoms with Gasteiger partial charge in [0.15, 0.2) is 5.96 Å². The minimum atomic E-state index is 0.334. The van der Waals surface area contributed by atoms with Gasteiger partial charge in [-0.3, -0.25) is 4.99 Å². The normalized spacial score (nSPS) is 20.1. The van der Waals surface area contributed by atoms with Crippen molar-refractivity contribution in [3.05, 3.63) is 0 Å². The van der Waals surface area contributed by atoms with Crippen LogP contribution in [0.4, 0.5) is 0 Å². The molecule has 0 aromatic carbocycles. The van der Waals surface area contributed by atoms with E-state index in [1.807, 2.05) is 0 Å². The number of nitrogens with one attached hydrogen (secondary N) is 2. The molecule has 0 bridgehead atoms. The summed E-state index contributed by atoms with van der Waals surface area (Å²) in [5, 5.41) is 6.67. The highest BCUT2D eigenvalue weighted by Gasteiger charge is 2.14. The third kappa shape index (κ3) is 6.84. The van der Waals surface area contributed by atoms with Crippen molar-refractivity contribution in [2.45, 2.75) is 58.5 Å². The number of ether oxygens (including phenoxy) is 1. The number of unbranched alkanes of at least 4 members (excludes halogenated alkanes) is 3. The molecule has 1 unspecified atom stereocenters. The van der Waals surface area contributed by atoms with E-state index in [0.717, 1.165) is 38.6 Å². The van der Waals surface area contributed by atoms with Crippen molar-refractivity contribution >= 4 is 5.96 Å². The molecular formula is C14H29N3O. The molecule has 2 N–H and O–H groups in total. The third-order valence-corrected chi connectivity index (χ3v) is 3.14. The fourth-order valence-electron chi connectivity index (χ4n) is 2.08. The standard InChI is InChI=1S/C14H29N3O/c1-3-5-6-7-10-16-14(15-4-2)17-12-13-9-8-11-18-13/h13H,3-12H2,1-2H3,(H2,15,16,17). The lowest BCUT2D eigenvalue weighted by Gasteiger charge is -2.12. The third-order valence-electron chi connectivity index (χ3n) is 3.14. The number of guanidine groups is 1. The molecule has 0 aliphatic carbocycles. The summed E-state index contributed by atoms with van der Waals surface area (Å²) in [7, 11) is 0. The molecule has 0 amide bonds. The maximum atomic E-state index is 5.58. The summed E-state index contributed by atoms with van der Waals surface area (Å²) in [6, 6.07) is 0. The molecule has 4 heteroatoms. The van der Waals surface area contributed by atoms with Gasteiger partial charge in [0.2, 0.25) is 0 Å². The molecular weight excluding hydrogens is 226 g/mol. The molecule has 1 heterocycles. The van der Waals surface area contributed by atoms with E-state index >= 15 is 0 Å². The predicted octanol–water partition coefficient (Wildman–Crippen LogP) is 2.30. The first kappa shape index (κ1) is 15.3. The summed E-state index contributed by atoms with van der Waals surface area (Å²) in [6.07, 6.45) is 7.80. The molecule has 1 aliphatic heterocycles. The quantitative estimate of drug-likeness (QED) is 0.397. The van der Waals surface area contributed by atoms with Crippen molar-refractivity contribution in [3.63, 3.8) is 0 Å². The second-order valence-corrected chi connectivity index (χ2v) is 4.84. The summed E-state index contributed by atoms with van der Waals surface area (Å²) in [6.45, 7) is 7.94. The molecule has 0 aromatic heterocycles. The largest absolute Gasteiger partial charge is 0.376 e. The van der Waals surface area contributed by atoms with Gasteiger partial charge in [0, 0.05) is 19.7 Å². The molecule has 1 aliphatic rings. The van der Waals surface area contributed by atoms with Gasteiger partial charge in [0.25, 0.3) is 0 Å². The van der Waals surface area contributed by atoms with E-state index in [0.29, 0.717) is 6.10 Å². The fraction of sp³-hybridized carbons (Fsp3) is 0.929. The van der Waals surface area contributed by atoms with Crippen molar-refractivity contribution in [1.82, 2.24) is 10.6 Å². The Balaban J connectivity index is 2.17. The molecule has 106 valence electrons. The molecule has 1 atom stereocenters. The molecule has 0 saturated carbocycles. The zero-order chi connectivity index (χ0) is 13.1. The van der Waals surface area contributed by atoms with Gasteiger partial charge in [0.05, 0.1) is 12.6 Å². The first-order valence-electron chi connectivity index (χ1n) is 7.50. The summed E-state index contributed by atoms with van der Waals surface area (Å²) < 4.78 is 5.58. The van der Waals surface area contributed by atoms with Crippen molar-refractivity contribution in [1.29, 1.82) is 0 Å². The number of aliphatic imine (C=N–C) groups is 1. The van der Waals surface area contributed by atoms with Crippen LogP contribution in [0.15, 0.2) is 4.99 Å². The van der Waals surface area contributed by atoms with E-state index in [-0.39, 0.29) is 0 Å². The van der Waals surface area contributed by atoms with Crippen molar-refractivity contribution in [3.8, 4) is 0 Å². The van der Waals surface area contributed by atoms with Gasteiger partial charge in [-0.15, -0.1) is 0 Å². The Bertz CT molecular complexity index is 225. The summed E-state index contributed by atoms with van der Waals surface area (Å²) in [4.78, 5) is 4.58. The van der Waals surface area contributed by atoms with Crippen LogP contribution in [0.3, 0.4) is 0 Å². The minimum Gasteiger partial charge on any atom is -0.376 e. The van der Waals surface area contributed by atoms with Crippen LogP contribution >= 0.6 is 0 Å². The Morgan fingerprint density at radius 3 is 2.78 bits per heavy atom. The Hall–Kier alpha value is -0.770. The topological polar surface area (TPSA) is 45.7 Å². The first-order chi connectivity index (χ1) is 8.86. The Kier molecular flexibility index (Phi) is 8.65. The lowest BCUT2D eigenvalue weighted by atomic mass is 10.2. The monoisotopic (exact) mass is 255 g/mol. The number of hydrogen-bond acceptors (Lipinski definition) is 2. The zero-order valence-corrected chi connectivity index (χ0v) is 12.0. The zero-order valence-electron chi connectivity index (χ0n) is 12.0. The van der Waals surface area contributed by atoms with Crippen LogP contribution in [0, 0.1) is 0 Å². The second-order valence-electron chi connectivity index (χ2n) is 4.84. The van der Waals surface area contributed by atoms with Gasteiger partial charge in [-0.25, -0.2) is 0 Å². The van der Waals surface area contributed by atoms with E-state index < -0.39 is 0 Å². The van der Waals surface area contributed by atoms with Crippen molar-refractivity contribution < 1.29 is 4.74 Å². The van der Waals surface area contributed by atoms with E-state index in [1.54, 1.807) is 0 Å². The summed E-state index contributed by atoms with van der Waals surface area (Å²) in [5.41, 5.74) is 0. The number of rotatable bonds is 8. The van der Waals surface area contributed by atoms with Crippen molar-refractivity contribution in [2.24, 2.45) is 4.99 Å². The highest BCUT2D eigenvalue weighted by molar-refractivity contribution is 5.79. The van der Waals surface area contributed by atoms with Gasteiger partial charge in [-0.2, -0.15) is 0 Å². The average Bonchev–Trinajstić information content (AvgIpc) is 2.88. The van der Waals surface area contributed by atoms with Gasteiger partial charge < -0.3 is 15.4 Å². The highest BCUT2D eigenvalue weighted by Crippen LogP contribution is 2.11. The molecule has 18 heavy (non-hydrogen) atoms. The molecule has 0 aromatic rings. The van der Waals surface area contributed by atoms with Crippen molar-refractivity contribution in [2.75, 3.05) is 26.2 Å². The summed E-state index contributed by atoms with van der Waals surface area (Å²) >= 11 is 0.